The highest BCUT2D eigenvalue weighted by Crippen LogP contribution is 2.23. The minimum atomic E-state index is -0.108. The van der Waals surface area contributed by atoms with Gasteiger partial charge in [-0.05, 0) is 43.9 Å². The molecule has 1 aromatic heterocycles. The summed E-state index contributed by atoms with van der Waals surface area (Å²) < 4.78 is 0. The van der Waals surface area contributed by atoms with E-state index in [2.05, 4.69) is 14.9 Å². The number of para-hydroxylation sites is 1. The van der Waals surface area contributed by atoms with Gasteiger partial charge >= 0.3 is 0 Å². The van der Waals surface area contributed by atoms with Crippen molar-refractivity contribution < 1.29 is 4.79 Å². The van der Waals surface area contributed by atoms with Crippen LogP contribution in [-0.4, -0.2) is 29.0 Å². The summed E-state index contributed by atoms with van der Waals surface area (Å²) >= 11 is 0. The predicted molar refractivity (Wildman–Crippen MR) is 116 cm³/mol. The van der Waals surface area contributed by atoms with Gasteiger partial charge < -0.3 is 9.80 Å². The molecule has 148 valence electrons. The van der Waals surface area contributed by atoms with Gasteiger partial charge in [0.25, 0.3) is 5.91 Å². The SMILES string of the molecule is Cc1nc(C(=O)N(Cc2ccccc2)c2ccccc2)cc(N2CCCCC2)n1. The molecule has 3 aromatic rings. The number of anilines is 2. The molecule has 0 atom stereocenters. The molecule has 5 heteroatoms. The number of aromatic nitrogens is 2. The van der Waals surface area contributed by atoms with Crippen LogP contribution in [0.25, 0.3) is 0 Å². The Hall–Kier alpha value is -3.21. The second-order valence-electron chi connectivity index (χ2n) is 7.42. The Morgan fingerprint density at radius 1 is 0.931 bits per heavy atom. The van der Waals surface area contributed by atoms with Crippen molar-refractivity contribution in [1.29, 1.82) is 0 Å². The zero-order chi connectivity index (χ0) is 20.1. The molecule has 29 heavy (non-hydrogen) atoms. The number of aryl methyl sites for hydroxylation is 1. The monoisotopic (exact) mass is 386 g/mol. The van der Waals surface area contributed by atoms with Gasteiger partial charge in [-0.15, -0.1) is 0 Å². The van der Waals surface area contributed by atoms with Crippen LogP contribution in [-0.2, 0) is 6.54 Å². The summed E-state index contributed by atoms with van der Waals surface area (Å²) in [5.41, 5.74) is 2.38. The van der Waals surface area contributed by atoms with Crippen LogP contribution in [0, 0.1) is 6.92 Å². The number of carbonyl (C=O) groups excluding carboxylic acids is 1. The van der Waals surface area contributed by atoms with Crippen LogP contribution in [0.1, 0.15) is 41.1 Å². The van der Waals surface area contributed by atoms with E-state index in [1.54, 1.807) is 4.90 Å². The number of benzene rings is 2. The van der Waals surface area contributed by atoms with E-state index >= 15 is 0 Å². The van der Waals surface area contributed by atoms with Crippen molar-refractivity contribution in [3.63, 3.8) is 0 Å². The molecule has 1 fully saturated rings. The smallest absolute Gasteiger partial charge is 0.277 e. The normalized spacial score (nSPS) is 13.9. The summed E-state index contributed by atoms with van der Waals surface area (Å²) in [4.78, 5) is 26.7. The minimum Gasteiger partial charge on any atom is -0.356 e. The Labute approximate surface area is 172 Å². The zero-order valence-electron chi connectivity index (χ0n) is 16.8. The predicted octanol–water partition coefficient (Wildman–Crippen LogP) is 4.62. The first kappa shape index (κ1) is 19.1. The van der Waals surface area contributed by atoms with E-state index in [0.29, 0.717) is 18.1 Å². The lowest BCUT2D eigenvalue weighted by molar-refractivity contribution is 0.0980. The summed E-state index contributed by atoms with van der Waals surface area (Å²) in [7, 11) is 0. The van der Waals surface area contributed by atoms with Crippen molar-refractivity contribution in [2.24, 2.45) is 0 Å². The Balaban J connectivity index is 1.67. The minimum absolute atomic E-state index is 0.108. The molecule has 0 spiro atoms. The molecule has 4 rings (SSSR count). The number of rotatable bonds is 5. The number of piperidine rings is 1. The highest BCUT2D eigenvalue weighted by molar-refractivity contribution is 6.05. The van der Waals surface area contributed by atoms with Gasteiger partial charge in [-0.1, -0.05) is 48.5 Å². The van der Waals surface area contributed by atoms with E-state index in [1.807, 2.05) is 73.7 Å². The van der Waals surface area contributed by atoms with Gasteiger partial charge in [0.05, 0.1) is 6.54 Å². The van der Waals surface area contributed by atoms with E-state index < -0.39 is 0 Å². The lowest BCUT2D eigenvalue weighted by Crippen LogP contribution is -2.33. The fraction of sp³-hybridized carbons (Fsp3) is 0.292. The molecule has 0 unspecified atom stereocenters. The van der Waals surface area contributed by atoms with Gasteiger partial charge in [-0.3, -0.25) is 4.79 Å². The Morgan fingerprint density at radius 3 is 2.28 bits per heavy atom. The lowest BCUT2D eigenvalue weighted by atomic mass is 10.1. The summed E-state index contributed by atoms with van der Waals surface area (Å²) in [6, 6.07) is 21.7. The van der Waals surface area contributed by atoms with Crippen molar-refractivity contribution in [2.75, 3.05) is 22.9 Å². The van der Waals surface area contributed by atoms with Gasteiger partial charge in [0.15, 0.2) is 0 Å². The summed E-state index contributed by atoms with van der Waals surface area (Å²) in [6.45, 7) is 4.31. The quantitative estimate of drug-likeness (QED) is 0.642. The number of hydrogen-bond donors (Lipinski definition) is 0. The van der Waals surface area contributed by atoms with Gasteiger partial charge in [0.1, 0.15) is 17.3 Å². The average Bonchev–Trinajstić information content (AvgIpc) is 2.78. The average molecular weight is 386 g/mol. The lowest BCUT2D eigenvalue weighted by Gasteiger charge is -2.28. The number of nitrogens with zero attached hydrogens (tertiary/aromatic N) is 4. The molecule has 2 aromatic carbocycles. The van der Waals surface area contributed by atoms with Crippen LogP contribution in [0.5, 0.6) is 0 Å². The molecule has 1 amide bonds. The molecule has 2 heterocycles. The third-order valence-corrected chi connectivity index (χ3v) is 5.22. The Morgan fingerprint density at radius 2 is 1.59 bits per heavy atom. The van der Waals surface area contributed by atoms with Crippen LogP contribution >= 0.6 is 0 Å². The first-order chi connectivity index (χ1) is 14.2. The molecule has 0 aliphatic carbocycles. The molecule has 0 N–H and O–H groups in total. The highest BCUT2D eigenvalue weighted by atomic mass is 16.2. The highest BCUT2D eigenvalue weighted by Gasteiger charge is 2.22. The van der Waals surface area contributed by atoms with Gasteiger partial charge in [0, 0.05) is 24.8 Å². The van der Waals surface area contributed by atoms with Crippen molar-refractivity contribution in [3.8, 4) is 0 Å². The molecule has 1 aliphatic heterocycles. The van der Waals surface area contributed by atoms with E-state index in [9.17, 15) is 4.79 Å². The summed E-state index contributed by atoms with van der Waals surface area (Å²) in [5.74, 6) is 1.38. The third kappa shape index (κ3) is 4.62. The number of hydrogen-bond acceptors (Lipinski definition) is 4. The molecular formula is C24H26N4O. The molecule has 0 radical (unpaired) electrons. The topological polar surface area (TPSA) is 49.3 Å². The van der Waals surface area contributed by atoms with Crippen LogP contribution in [0.4, 0.5) is 11.5 Å². The van der Waals surface area contributed by atoms with E-state index in [0.717, 1.165) is 43.0 Å². The number of amides is 1. The van der Waals surface area contributed by atoms with Crippen LogP contribution in [0.3, 0.4) is 0 Å². The molecule has 1 aliphatic rings. The third-order valence-electron chi connectivity index (χ3n) is 5.22. The van der Waals surface area contributed by atoms with Crippen molar-refractivity contribution in [2.45, 2.75) is 32.7 Å². The second kappa shape index (κ2) is 8.86. The van der Waals surface area contributed by atoms with Crippen LogP contribution in [0.2, 0.25) is 0 Å². The summed E-state index contributed by atoms with van der Waals surface area (Å²) in [6.07, 6.45) is 3.58. The largest absolute Gasteiger partial charge is 0.356 e. The van der Waals surface area contributed by atoms with Crippen molar-refractivity contribution in [1.82, 2.24) is 9.97 Å². The zero-order valence-corrected chi connectivity index (χ0v) is 16.8. The molecule has 5 nitrogen and oxygen atoms in total. The number of carbonyl (C=O) groups is 1. The second-order valence-corrected chi connectivity index (χ2v) is 7.42. The van der Waals surface area contributed by atoms with E-state index in [1.165, 1.54) is 6.42 Å². The van der Waals surface area contributed by atoms with Crippen molar-refractivity contribution in [3.05, 3.63) is 83.8 Å². The molecule has 0 bridgehead atoms. The standard InChI is InChI=1S/C24H26N4O/c1-19-25-22(17-23(26-19)27-15-9-4-10-16-27)24(29)28(21-13-7-3-8-14-21)18-20-11-5-2-6-12-20/h2-3,5-8,11-14,17H,4,9-10,15-16,18H2,1H3. The first-order valence-electron chi connectivity index (χ1n) is 10.2. The van der Waals surface area contributed by atoms with Crippen LogP contribution < -0.4 is 9.80 Å². The Kier molecular flexibility index (Phi) is 5.84. The molecule has 1 saturated heterocycles. The van der Waals surface area contributed by atoms with Gasteiger partial charge in [-0.25, -0.2) is 9.97 Å². The molecular weight excluding hydrogens is 360 g/mol. The fourth-order valence-corrected chi connectivity index (χ4v) is 3.74. The van der Waals surface area contributed by atoms with E-state index in [-0.39, 0.29) is 5.91 Å². The first-order valence-corrected chi connectivity index (χ1v) is 10.2. The van der Waals surface area contributed by atoms with Crippen LogP contribution in [0.15, 0.2) is 66.7 Å². The molecule has 0 saturated carbocycles. The Bertz CT molecular complexity index is 953. The van der Waals surface area contributed by atoms with Gasteiger partial charge in [-0.2, -0.15) is 0 Å². The van der Waals surface area contributed by atoms with Crippen molar-refractivity contribution >= 4 is 17.4 Å². The maximum atomic E-state index is 13.6. The fourth-order valence-electron chi connectivity index (χ4n) is 3.74. The summed E-state index contributed by atoms with van der Waals surface area (Å²) in [5, 5.41) is 0. The van der Waals surface area contributed by atoms with Gasteiger partial charge in [0.2, 0.25) is 0 Å². The maximum Gasteiger partial charge on any atom is 0.277 e. The van der Waals surface area contributed by atoms with E-state index in [4.69, 9.17) is 0 Å². The maximum absolute atomic E-state index is 13.6.